The van der Waals surface area contributed by atoms with E-state index in [-0.39, 0.29) is 5.78 Å². The first-order valence-electron chi connectivity index (χ1n) is 8.70. The summed E-state index contributed by atoms with van der Waals surface area (Å²) in [7, 11) is 0. The molecule has 25 heavy (non-hydrogen) atoms. The number of carbonyl (C=O) groups excluding carboxylic acids is 1. The summed E-state index contributed by atoms with van der Waals surface area (Å²) < 4.78 is 1.19. The van der Waals surface area contributed by atoms with Crippen molar-refractivity contribution in [2.75, 3.05) is 37.6 Å². The number of carbonyl (C=O) groups is 1. The first-order chi connectivity index (χ1) is 12.3. The van der Waals surface area contributed by atoms with E-state index < -0.39 is 0 Å². The second-order valence-corrected chi connectivity index (χ2v) is 7.42. The average molecular weight is 351 g/mol. The Morgan fingerprint density at radius 2 is 1.84 bits per heavy atom. The van der Waals surface area contributed by atoms with Gasteiger partial charge in [0, 0.05) is 50.0 Å². The van der Waals surface area contributed by atoms with E-state index in [1.54, 1.807) is 11.3 Å². The summed E-state index contributed by atoms with van der Waals surface area (Å²) in [6, 6.07) is 16.2. The van der Waals surface area contributed by atoms with Gasteiger partial charge in [-0.05, 0) is 29.7 Å². The summed E-state index contributed by atoms with van der Waals surface area (Å²) in [5, 5.41) is 1.17. The molecule has 1 aromatic carbocycles. The van der Waals surface area contributed by atoms with Crippen molar-refractivity contribution in [1.82, 2.24) is 9.88 Å². The van der Waals surface area contributed by atoms with Gasteiger partial charge in [-0.15, -0.1) is 11.3 Å². The highest BCUT2D eigenvalue weighted by atomic mass is 32.1. The van der Waals surface area contributed by atoms with Gasteiger partial charge in [0.15, 0.2) is 5.78 Å². The number of ketones is 1. The molecular weight excluding hydrogens is 330 g/mol. The first-order valence-corrected chi connectivity index (χ1v) is 9.51. The molecule has 1 saturated heterocycles. The maximum absolute atomic E-state index is 12.5. The zero-order chi connectivity index (χ0) is 17.1. The molecule has 3 aromatic rings. The molecule has 3 heterocycles. The molecule has 1 aliphatic heterocycles. The summed E-state index contributed by atoms with van der Waals surface area (Å²) in [6.45, 7) is 4.73. The predicted octanol–water partition coefficient (Wildman–Crippen LogP) is 3.69. The topological polar surface area (TPSA) is 36.4 Å². The van der Waals surface area contributed by atoms with E-state index in [2.05, 4.69) is 33.0 Å². The van der Waals surface area contributed by atoms with E-state index in [9.17, 15) is 4.79 Å². The van der Waals surface area contributed by atoms with Gasteiger partial charge in [0.2, 0.25) is 0 Å². The molecule has 5 heteroatoms. The third-order valence-corrected chi connectivity index (χ3v) is 5.86. The van der Waals surface area contributed by atoms with Crippen molar-refractivity contribution in [1.29, 1.82) is 0 Å². The van der Waals surface area contributed by atoms with Crippen LogP contribution in [0.1, 0.15) is 16.1 Å². The highest BCUT2D eigenvalue weighted by Crippen LogP contribution is 2.26. The van der Waals surface area contributed by atoms with Gasteiger partial charge in [0.25, 0.3) is 0 Å². The minimum Gasteiger partial charge on any atom is -0.354 e. The smallest absolute Gasteiger partial charge is 0.174 e. The van der Waals surface area contributed by atoms with Gasteiger partial charge in [0.1, 0.15) is 5.82 Å². The molecule has 1 aliphatic rings. The Morgan fingerprint density at radius 1 is 1.04 bits per heavy atom. The Morgan fingerprint density at radius 3 is 2.60 bits per heavy atom. The Labute approximate surface area is 151 Å². The maximum atomic E-state index is 12.5. The number of rotatable bonds is 5. The van der Waals surface area contributed by atoms with Crippen LogP contribution in [0.25, 0.3) is 10.1 Å². The normalized spacial score (nSPS) is 15.6. The lowest BCUT2D eigenvalue weighted by Gasteiger charge is -2.35. The van der Waals surface area contributed by atoms with Crippen molar-refractivity contribution in [3.05, 3.63) is 59.6 Å². The number of nitrogens with zero attached hydrogens (tertiary/aromatic N) is 3. The van der Waals surface area contributed by atoms with Crippen molar-refractivity contribution in [3.8, 4) is 0 Å². The number of Topliss-reactive ketones (excluding diaryl/α,β-unsaturated/α-hetero) is 1. The van der Waals surface area contributed by atoms with E-state index in [0.717, 1.165) is 43.4 Å². The molecule has 4 rings (SSSR count). The molecule has 0 bridgehead atoms. The molecule has 4 nitrogen and oxygen atoms in total. The Kier molecular flexibility index (Phi) is 4.76. The molecule has 1 fully saturated rings. The van der Waals surface area contributed by atoms with Crippen LogP contribution in [-0.2, 0) is 0 Å². The highest BCUT2D eigenvalue weighted by Gasteiger charge is 2.19. The third-order valence-electron chi connectivity index (χ3n) is 4.70. The van der Waals surface area contributed by atoms with Gasteiger partial charge in [-0.1, -0.05) is 24.3 Å². The van der Waals surface area contributed by atoms with Gasteiger partial charge < -0.3 is 4.90 Å². The van der Waals surface area contributed by atoms with Crippen molar-refractivity contribution >= 4 is 33.0 Å². The van der Waals surface area contributed by atoms with Crippen LogP contribution in [0.15, 0.2) is 54.7 Å². The van der Waals surface area contributed by atoms with E-state index in [1.807, 2.05) is 36.5 Å². The van der Waals surface area contributed by atoms with Gasteiger partial charge in [-0.25, -0.2) is 4.98 Å². The van der Waals surface area contributed by atoms with Crippen molar-refractivity contribution < 1.29 is 4.79 Å². The molecule has 128 valence electrons. The van der Waals surface area contributed by atoms with E-state index in [0.29, 0.717) is 6.42 Å². The Balaban J connectivity index is 1.29. The predicted molar refractivity (Wildman–Crippen MR) is 104 cm³/mol. The summed E-state index contributed by atoms with van der Waals surface area (Å²) in [6.07, 6.45) is 2.43. The standard InChI is InChI=1S/C20H21N3OS/c24-17(19-15-16-5-1-2-6-18(16)25-19)8-10-22-11-13-23(14-12-22)20-7-3-4-9-21-20/h1-7,9,15H,8,10-14H2. The zero-order valence-electron chi connectivity index (χ0n) is 14.1. The van der Waals surface area contributed by atoms with Crippen LogP contribution in [0.2, 0.25) is 0 Å². The number of anilines is 1. The fourth-order valence-corrected chi connectivity index (χ4v) is 4.27. The quantitative estimate of drug-likeness (QED) is 0.657. The largest absolute Gasteiger partial charge is 0.354 e. The van der Waals surface area contributed by atoms with Crippen LogP contribution < -0.4 is 4.90 Å². The van der Waals surface area contributed by atoms with Gasteiger partial charge in [0.05, 0.1) is 4.88 Å². The second-order valence-electron chi connectivity index (χ2n) is 6.34. The minimum absolute atomic E-state index is 0.258. The van der Waals surface area contributed by atoms with Crippen molar-refractivity contribution in [3.63, 3.8) is 0 Å². The van der Waals surface area contributed by atoms with Crippen LogP contribution in [0, 0.1) is 0 Å². The summed E-state index contributed by atoms with van der Waals surface area (Å²) in [4.78, 5) is 22.5. The van der Waals surface area contributed by atoms with Crippen LogP contribution in [0.5, 0.6) is 0 Å². The number of hydrogen-bond acceptors (Lipinski definition) is 5. The minimum atomic E-state index is 0.258. The van der Waals surface area contributed by atoms with E-state index >= 15 is 0 Å². The maximum Gasteiger partial charge on any atom is 0.174 e. The molecule has 0 N–H and O–H groups in total. The third kappa shape index (κ3) is 3.72. The molecule has 0 amide bonds. The lowest BCUT2D eigenvalue weighted by atomic mass is 10.2. The molecule has 0 spiro atoms. The fraction of sp³-hybridized carbons (Fsp3) is 0.300. The van der Waals surface area contributed by atoms with Crippen LogP contribution in [-0.4, -0.2) is 48.4 Å². The number of aromatic nitrogens is 1. The van der Waals surface area contributed by atoms with Gasteiger partial charge in [-0.2, -0.15) is 0 Å². The average Bonchev–Trinajstić information content (AvgIpc) is 3.11. The SMILES string of the molecule is O=C(CCN1CCN(c2ccccn2)CC1)c1cc2ccccc2s1. The van der Waals surface area contributed by atoms with Crippen molar-refractivity contribution in [2.24, 2.45) is 0 Å². The number of piperazine rings is 1. The molecule has 2 aromatic heterocycles. The van der Waals surface area contributed by atoms with Crippen LogP contribution in [0.4, 0.5) is 5.82 Å². The number of fused-ring (bicyclic) bond motifs is 1. The second kappa shape index (κ2) is 7.33. The number of thiophene rings is 1. The monoisotopic (exact) mass is 351 g/mol. The molecule has 0 unspecified atom stereocenters. The van der Waals surface area contributed by atoms with Crippen LogP contribution in [0.3, 0.4) is 0 Å². The summed E-state index contributed by atoms with van der Waals surface area (Å²) >= 11 is 1.61. The first kappa shape index (κ1) is 16.2. The molecule has 0 radical (unpaired) electrons. The van der Waals surface area contributed by atoms with Gasteiger partial charge >= 0.3 is 0 Å². The molecule has 0 atom stereocenters. The summed E-state index contributed by atoms with van der Waals surface area (Å²) in [5.74, 6) is 1.30. The number of benzene rings is 1. The Bertz CT molecular complexity index is 821. The van der Waals surface area contributed by atoms with E-state index in [1.165, 1.54) is 10.1 Å². The van der Waals surface area contributed by atoms with Gasteiger partial charge in [-0.3, -0.25) is 9.69 Å². The lowest BCUT2D eigenvalue weighted by molar-refractivity contribution is 0.0966. The molecule has 0 saturated carbocycles. The molecule has 0 aliphatic carbocycles. The zero-order valence-corrected chi connectivity index (χ0v) is 14.9. The van der Waals surface area contributed by atoms with E-state index in [4.69, 9.17) is 0 Å². The summed E-state index contributed by atoms with van der Waals surface area (Å²) in [5.41, 5.74) is 0. The van der Waals surface area contributed by atoms with Crippen LogP contribution >= 0.6 is 11.3 Å². The van der Waals surface area contributed by atoms with Crippen molar-refractivity contribution in [2.45, 2.75) is 6.42 Å². The fourth-order valence-electron chi connectivity index (χ4n) is 3.24. The Hall–Kier alpha value is -2.24. The molecular formula is C20H21N3OS. The lowest BCUT2D eigenvalue weighted by Crippen LogP contribution is -2.47. The number of hydrogen-bond donors (Lipinski definition) is 0. The highest BCUT2D eigenvalue weighted by molar-refractivity contribution is 7.20. The number of pyridine rings is 1.